The van der Waals surface area contributed by atoms with Gasteiger partial charge in [-0.1, -0.05) is 31.4 Å². The molecule has 1 atom stereocenters. The summed E-state index contributed by atoms with van der Waals surface area (Å²) < 4.78 is 2.06. The van der Waals surface area contributed by atoms with Crippen LogP contribution in [0.1, 0.15) is 38.1 Å². The highest BCUT2D eigenvalue weighted by atomic mass is 35.5. The number of aromatic nitrogens is 2. The van der Waals surface area contributed by atoms with Crippen molar-refractivity contribution in [2.45, 2.75) is 32.2 Å². The van der Waals surface area contributed by atoms with Gasteiger partial charge in [-0.05, 0) is 24.6 Å². The summed E-state index contributed by atoms with van der Waals surface area (Å²) in [6.07, 6.45) is 3.26. The molecule has 1 heterocycles. The normalized spacial score (nSPS) is 13.2. The first-order valence-electron chi connectivity index (χ1n) is 6.01. The predicted octanol–water partition coefficient (Wildman–Crippen LogP) is 3.42. The van der Waals surface area contributed by atoms with Crippen molar-refractivity contribution in [3.8, 4) is 0 Å². The Kier molecular flexibility index (Phi) is 3.69. The predicted molar refractivity (Wildman–Crippen MR) is 72.2 cm³/mol. The molecule has 0 bridgehead atoms. The van der Waals surface area contributed by atoms with E-state index in [0.29, 0.717) is 5.02 Å². The lowest BCUT2D eigenvalue weighted by atomic mass is 10.1. The van der Waals surface area contributed by atoms with Gasteiger partial charge in [-0.15, -0.1) is 0 Å². The Balaban J connectivity index is 2.37. The van der Waals surface area contributed by atoms with Gasteiger partial charge in [-0.25, -0.2) is 4.98 Å². The Labute approximate surface area is 107 Å². The topological polar surface area (TPSA) is 43.8 Å². The smallest absolute Gasteiger partial charge is 0.126 e. The molecule has 0 radical (unpaired) electrons. The first-order valence-corrected chi connectivity index (χ1v) is 6.38. The quantitative estimate of drug-likeness (QED) is 0.905. The van der Waals surface area contributed by atoms with Crippen LogP contribution in [0.2, 0.25) is 5.02 Å². The number of aryl methyl sites for hydroxylation is 1. The van der Waals surface area contributed by atoms with Crippen molar-refractivity contribution in [3.05, 3.63) is 29.0 Å². The minimum atomic E-state index is 0.00567. The highest BCUT2D eigenvalue weighted by Gasteiger charge is 2.14. The molecule has 17 heavy (non-hydrogen) atoms. The number of rotatable bonds is 4. The van der Waals surface area contributed by atoms with Gasteiger partial charge in [0, 0.05) is 12.1 Å². The van der Waals surface area contributed by atoms with Gasteiger partial charge in [-0.3, -0.25) is 0 Å². The first-order chi connectivity index (χ1) is 8.13. The average Bonchev–Trinajstić information content (AvgIpc) is 2.63. The van der Waals surface area contributed by atoms with Crippen LogP contribution in [-0.2, 0) is 7.05 Å². The summed E-state index contributed by atoms with van der Waals surface area (Å²) in [6.45, 7) is 2.17. The second-order valence-corrected chi connectivity index (χ2v) is 4.85. The van der Waals surface area contributed by atoms with E-state index in [0.717, 1.165) is 36.1 Å². The first kappa shape index (κ1) is 12.4. The third-order valence-corrected chi connectivity index (χ3v) is 3.31. The number of nitrogens with two attached hydrogens (primary N) is 1. The Bertz CT molecular complexity index is 519. The highest BCUT2D eigenvalue weighted by molar-refractivity contribution is 6.31. The van der Waals surface area contributed by atoms with Crippen LogP contribution in [0.4, 0.5) is 0 Å². The van der Waals surface area contributed by atoms with Crippen molar-refractivity contribution in [1.29, 1.82) is 0 Å². The van der Waals surface area contributed by atoms with Crippen LogP contribution in [0.3, 0.4) is 0 Å². The molecule has 0 aliphatic carbocycles. The van der Waals surface area contributed by atoms with Crippen LogP contribution < -0.4 is 5.73 Å². The van der Waals surface area contributed by atoms with Crippen molar-refractivity contribution in [2.24, 2.45) is 12.8 Å². The lowest BCUT2D eigenvalue weighted by Crippen LogP contribution is -2.15. The molecule has 0 aliphatic heterocycles. The van der Waals surface area contributed by atoms with Gasteiger partial charge in [0.05, 0.1) is 17.1 Å². The lowest BCUT2D eigenvalue weighted by molar-refractivity contribution is 0.561. The van der Waals surface area contributed by atoms with Crippen LogP contribution in [0.25, 0.3) is 11.0 Å². The van der Waals surface area contributed by atoms with E-state index in [1.54, 1.807) is 0 Å². The molecular formula is C13H18ClN3. The van der Waals surface area contributed by atoms with E-state index in [9.17, 15) is 0 Å². The van der Waals surface area contributed by atoms with Crippen LogP contribution in [0.15, 0.2) is 18.2 Å². The zero-order valence-electron chi connectivity index (χ0n) is 10.3. The van der Waals surface area contributed by atoms with Crippen molar-refractivity contribution in [3.63, 3.8) is 0 Å². The zero-order chi connectivity index (χ0) is 12.4. The fourth-order valence-electron chi connectivity index (χ4n) is 2.08. The summed E-state index contributed by atoms with van der Waals surface area (Å²) >= 11 is 5.96. The molecule has 0 spiro atoms. The molecule has 92 valence electrons. The standard InChI is InChI=1S/C13H18ClN3/c1-3-4-5-10(15)13-16-11-8-9(14)6-7-12(11)17(13)2/h6-8,10H,3-5,15H2,1-2H3. The van der Waals surface area contributed by atoms with Gasteiger partial charge in [0.25, 0.3) is 0 Å². The highest BCUT2D eigenvalue weighted by Crippen LogP contribution is 2.23. The molecular weight excluding hydrogens is 234 g/mol. The van der Waals surface area contributed by atoms with Crippen molar-refractivity contribution >= 4 is 22.6 Å². The second-order valence-electron chi connectivity index (χ2n) is 4.41. The summed E-state index contributed by atoms with van der Waals surface area (Å²) in [5.41, 5.74) is 8.17. The molecule has 0 saturated carbocycles. The van der Waals surface area contributed by atoms with E-state index in [1.165, 1.54) is 0 Å². The maximum atomic E-state index is 6.17. The summed E-state index contributed by atoms with van der Waals surface area (Å²) in [5, 5.41) is 0.712. The van der Waals surface area contributed by atoms with Gasteiger partial charge in [0.1, 0.15) is 5.82 Å². The van der Waals surface area contributed by atoms with Crippen LogP contribution in [-0.4, -0.2) is 9.55 Å². The van der Waals surface area contributed by atoms with E-state index in [4.69, 9.17) is 17.3 Å². The largest absolute Gasteiger partial charge is 0.330 e. The molecule has 3 nitrogen and oxygen atoms in total. The van der Waals surface area contributed by atoms with Crippen LogP contribution in [0.5, 0.6) is 0 Å². The number of hydrogen-bond acceptors (Lipinski definition) is 2. The van der Waals surface area contributed by atoms with Gasteiger partial charge >= 0.3 is 0 Å². The molecule has 0 aliphatic rings. The number of halogens is 1. The summed E-state index contributed by atoms with van der Waals surface area (Å²) in [5.74, 6) is 0.940. The fourth-order valence-corrected chi connectivity index (χ4v) is 2.24. The van der Waals surface area contributed by atoms with Crippen LogP contribution >= 0.6 is 11.6 Å². The Morgan fingerprint density at radius 3 is 2.94 bits per heavy atom. The molecule has 2 rings (SSSR count). The summed E-state index contributed by atoms with van der Waals surface area (Å²) in [7, 11) is 2.00. The maximum Gasteiger partial charge on any atom is 0.126 e. The number of fused-ring (bicyclic) bond motifs is 1. The van der Waals surface area contributed by atoms with Gasteiger partial charge in [0.2, 0.25) is 0 Å². The fraction of sp³-hybridized carbons (Fsp3) is 0.462. The van der Waals surface area contributed by atoms with E-state index in [2.05, 4.69) is 16.5 Å². The number of unbranched alkanes of at least 4 members (excludes halogenated alkanes) is 1. The maximum absolute atomic E-state index is 6.17. The number of nitrogens with zero attached hydrogens (tertiary/aromatic N) is 2. The van der Waals surface area contributed by atoms with Crippen molar-refractivity contribution in [2.75, 3.05) is 0 Å². The number of hydrogen-bond donors (Lipinski definition) is 1. The molecule has 2 aromatic rings. The van der Waals surface area contributed by atoms with Crippen molar-refractivity contribution < 1.29 is 0 Å². The summed E-state index contributed by atoms with van der Waals surface area (Å²) in [6, 6.07) is 5.76. The van der Waals surface area contributed by atoms with Gasteiger partial charge in [0.15, 0.2) is 0 Å². The monoisotopic (exact) mass is 251 g/mol. The van der Waals surface area contributed by atoms with Crippen molar-refractivity contribution in [1.82, 2.24) is 9.55 Å². The van der Waals surface area contributed by atoms with Gasteiger partial charge < -0.3 is 10.3 Å². The molecule has 4 heteroatoms. The molecule has 2 N–H and O–H groups in total. The van der Waals surface area contributed by atoms with E-state index >= 15 is 0 Å². The summed E-state index contributed by atoms with van der Waals surface area (Å²) in [4.78, 5) is 4.58. The Morgan fingerprint density at radius 2 is 2.24 bits per heavy atom. The number of benzene rings is 1. The van der Waals surface area contributed by atoms with E-state index < -0.39 is 0 Å². The molecule has 0 amide bonds. The molecule has 1 aromatic heterocycles. The third-order valence-electron chi connectivity index (χ3n) is 3.08. The third kappa shape index (κ3) is 2.45. The van der Waals surface area contributed by atoms with Crippen LogP contribution in [0, 0.1) is 0 Å². The van der Waals surface area contributed by atoms with E-state index in [-0.39, 0.29) is 6.04 Å². The van der Waals surface area contributed by atoms with Gasteiger partial charge in [-0.2, -0.15) is 0 Å². The number of imidazole rings is 1. The van der Waals surface area contributed by atoms with E-state index in [1.807, 2.05) is 25.2 Å². The average molecular weight is 252 g/mol. The molecule has 1 aromatic carbocycles. The zero-order valence-corrected chi connectivity index (χ0v) is 11.0. The minimum absolute atomic E-state index is 0.00567. The SMILES string of the molecule is CCCCC(N)c1nc2cc(Cl)ccc2n1C. The molecule has 1 unspecified atom stereocenters. The second kappa shape index (κ2) is 5.07. The molecule has 0 fully saturated rings. The molecule has 0 saturated heterocycles. The lowest BCUT2D eigenvalue weighted by Gasteiger charge is -2.10. The minimum Gasteiger partial charge on any atom is -0.330 e. The Morgan fingerprint density at radius 1 is 1.47 bits per heavy atom. The Hall–Kier alpha value is -1.06.